The van der Waals surface area contributed by atoms with Gasteiger partial charge in [-0.1, -0.05) is 18.2 Å². The number of hydrogen-bond donors (Lipinski definition) is 1. The van der Waals surface area contributed by atoms with Crippen LogP contribution in [0.25, 0.3) is 0 Å². The predicted molar refractivity (Wildman–Crippen MR) is 67.0 cm³/mol. The fourth-order valence-corrected chi connectivity index (χ4v) is 1.87. The Morgan fingerprint density at radius 1 is 1.67 bits per heavy atom. The second-order valence-electron chi connectivity index (χ2n) is 3.28. The van der Waals surface area contributed by atoms with E-state index in [1.807, 2.05) is 11.6 Å². The van der Waals surface area contributed by atoms with Crippen LogP contribution in [0.4, 0.5) is 0 Å². The Morgan fingerprint density at radius 2 is 2.33 bits per heavy atom. The van der Waals surface area contributed by atoms with E-state index in [0.717, 1.165) is 29.0 Å². The Morgan fingerprint density at radius 3 is 2.87 bits per heavy atom. The average molecular weight is 293 g/mol. The van der Waals surface area contributed by atoms with Crippen LogP contribution >= 0.6 is 27.5 Å². The fraction of sp³-hybridized carbons (Fsp3) is 0.500. The van der Waals surface area contributed by atoms with E-state index in [2.05, 4.69) is 39.8 Å². The molecule has 0 aliphatic rings. The highest BCUT2D eigenvalue weighted by Gasteiger charge is 2.10. The third-order valence-electron chi connectivity index (χ3n) is 2.06. The molecule has 0 saturated heterocycles. The Kier molecular flexibility index (Phi) is 4.83. The van der Waals surface area contributed by atoms with Crippen molar-refractivity contribution >= 4 is 27.5 Å². The Bertz CT molecular complexity index is 360. The van der Waals surface area contributed by atoms with Crippen LogP contribution < -0.4 is 5.32 Å². The van der Waals surface area contributed by atoms with Crippen molar-refractivity contribution in [2.45, 2.75) is 26.9 Å². The molecule has 84 valence electrons. The topological polar surface area (TPSA) is 29.9 Å². The van der Waals surface area contributed by atoms with E-state index in [1.54, 1.807) is 0 Å². The van der Waals surface area contributed by atoms with Gasteiger partial charge < -0.3 is 5.32 Å². The standard InChI is InChI=1S/C10H15BrClN3/c1-4-15-9(6-13-5-7(2)12)10(11)8(3)14-15/h13H,2,4-6H2,1,3H3. The third kappa shape index (κ3) is 3.33. The van der Waals surface area contributed by atoms with Crippen molar-refractivity contribution in [2.75, 3.05) is 6.54 Å². The zero-order valence-electron chi connectivity index (χ0n) is 8.98. The lowest BCUT2D eigenvalue weighted by atomic mass is 10.3. The van der Waals surface area contributed by atoms with E-state index in [-0.39, 0.29) is 0 Å². The number of aryl methyl sites for hydroxylation is 2. The van der Waals surface area contributed by atoms with Crippen molar-refractivity contribution in [3.8, 4) is 0 Å². The van der Waals surface area contributed by atoms with Gasteiger partial charge in [0.25, 0.3) is 0 Å². The summed E-state index contributed by atoms with van der Waals surface area (Å²) in [6.07, 6.45) is 0. The molecule has 1 rings (SSSR count). The summed E-state index contributed by atoms with van der Waals surface area (Å²) in [6.45, 7) is 9.90. The molecular weight excluding hydrogens is 277 g/mol. The van der Waals surface area contributed by atoms with E-state index in [0.29, 0.717) is 11.6 Å². The maximum absolute atomic E-state index is 5.67. The van der Waals surface area contributed by atoms with Gasteiger partial charge in [-0.05, 0) is 29.8 Å². The molecule has 0 amide bonds. The van der Waals surface area contributed by atoms with Gasteiger partial charge in [-0.2, -0.15) is 5.10 Å². The lowest BCUT2D eigenvalue weighted by Crippen LogP contribution is -2.18. The highest BCUT2D eigenvalue weighted by molar-refractivity contribution is 9.10. The van der Waals surface area contributed by atoms with Crippen LogP contribution in [0.5, 0.6) is 0 Å². The average Bonchev–Trinajstić information content (AvgIpc) is 2.44. The second-order valence-corrected chi connectivity index (χ2v) is 4.61. The van der Waals surface area contributed by atoms with Gasteiger partial charge in [-0.25, -0.2) is 0 Å². The third-order valence-corrected chi connectivity index (χ3v) is 3.23. The first kappa shape index (κ1) is 12.7. The molecule has 1 heterocycles. The SMILES string of the molecule is C=C(Cl)CNCc1c(Br)c(C)nn1CC. The zero-order valence-corrected chi connectivity index (χ0v) is 11.3. The number of nitrogens with zero attached hydrogens (tertiary/aromatic N) is 2. The largest absolute Gasteiger partial charge is 0.306 e. The van der Waals surface area contributed by atoms with Gasteiger partial charge in [0.05, 0.1) is 15.9 Å². The maximum atomic E-state index is 5.67. The van der Waals surface area contributed by atoms with E-state index >= 15 is 0 Å². The van der Waals surface area contributed by atoms with Crippen molar-refractivity contribution in [2.24, 2.45) is 0 Å². The molecular formula is C10H15BrClN3. The predicted octanol–water partition coefficient (Wildman–Crippen LogP) is 2.82. The summed E-state index contributed by atoms with van der Waals surface area (Å²) in [5.74, 6) is 0. The molecule has 1 aromatic rings. The molecule has 0 atom stereocenters. The summed E-state index contributed by atoms with van der Waals surface area (Å²) in [6, 6.07) is 0. The van der Waals surface area contributed by atoms with Crippen LogP contribution in [0.2, 0.25) is 0 Å². The first-order valence-corrected chi connectivity index (χ1v) is 5.99. The summed E-state index contributed by atoms with van der Waals surface area (Å²) in [7, 11) is 0. The number of halogens is 2. The van der Waals surface area contributed by atoms with E-state index in [4.69, 9.17) is 11.6 Å². The minimum absolute atomic E-state index is 0.613. The van der Waals surface area contributed by atoms with Gasteiger partial charge in [-0.15, -0.1) is 0 Å². The molecule has 0 aliphatic heterocycles. The number of rotatable bonds is 5. The first-order chi connectivity index (χ1) is 7.06. The van der Waals surface area contributed by atoms with Crippen molar-refractivity contribution < 1.29 is 0 Å². The summed E-state index contributed by atoms with van der Waals surface area (Å²) >= 11 is 9.20. The minimum Gasteiger partial charge on any atom is -0.306 e. The van der Waals surface area contributed by atoms with Crippen LogP contribution in [0, 0.1) is 6.92 Å². The van der Waals surface area contributed by atoms with E-state index in [1.165, 1.54) is 0 Å². The van der Waals surface area contributed by atoms with Crippen LogP contribution in [0.15, 0.2) is 16.1 Å². The van der Waals surface area contributed by atoms with Gasteiger partial charge in [0.15, 0.2) is 0 Å². The molecule has 0 spiro atoms. The molecule has 0 aromatic carbocycles. The van der Waals surface area contributed by atoms with Gasteiger partial charge in [0.1, 0.15) is 0 Å². The Hall–Kier alpha value is -0.320. The highest BCUT2D eigenvalue weighted by atomic mass is 79.9. The smallest absolute Gasteiger partial charge is 0.0739 e. The van der Waals surface area contributed by atoms with E-state index < -0.39 is 0 Å². The molecule has 5 heteroatoms. The van der Waals surface area contributed by atoms with Crippen LogP contribution in [-0.2, 0) is 13.1 Å². The number of nitrogens with one attached hydrogen (secondary N) is 1. The zero-order chi connectivity index (χ0) is 11.4. The molecule has 0 radical (unpaired) electrons. The summed E-state index contributed by atoms with van der Waals surface area (Å²) in [5.41, 5.74) is 2.16. The normalized spacial score (nSPS) is 10.7. The van der Waals surface area contributed by atoms with Gasteiger partial charge >= 0.3 is 0 Å². The Labute approximate surface area is 104 Å². The first-order valence-electron chi connectivity index (χ1n) is 4.82. The van der Waals surface area contributed by atoms with Crippen molar-refractivity contribution in [1.29, 1.82) is 0 Å². The molecule has 0 saturated carbocycles. The second kappa shape index (κ2) is 5.68. The number of aromatic nitrogens is 2. The minimum atomic E-state index is 0.613. The molecule has 0 bridgehead atoms. The molecule has 3 nitrogen and oxygen atoms in total. The van der Waals surface area contributed by atoms with Crippen molar-refractivity contribution in [1.82, 2.24) is 15.1 Å². The van der Waals surface area contributed by atoms with Gasteiger partial charge in [0, 0.05) is 24.7 Å². The van der Waals surface area contributed by atoms with Crippen LogP contribution in [0.1, 0.15) is 18.3 Å². The monoisotopic (exact) mass is 291 g/mol. The molecule has 1 aromatic heterocycles. The molecule has 0 unspecified atom stereocenters. The fourth-order valence-electron chi connectivity index (χ4n) is 1.35. The maximum Gasteiger partial charge on any atom is 0.0739 e. The molecule has 15 heavy (non-hydrogen) atoms. The lowest BCUT2D eigenvalue weighted by Gasteiger charge is -2.06. The van der Waals surface area contributed by atoms with E-state index in [9.17, 15) is 0 Å². The van der Waals surface area contributed by atoms with Crippen molar-refractivity contribution in [3.05, 3.63) is 27.5 Å². The van der Waals surface area contributed by atoms with Gasteiger partial charge in [-0.3, -0.25) is 4.68 Å². The molecule has 0 fully saturated rings. The quantitative estimate of drug-likeness (QED) is 0.904. The van der Waals surface area contributed by atoms with Crippen LogP contribution in [0.3, 0.4) is 0 Å². The number of hydrogen-bond acceptors (Lipinski definition) is 2. The molecule has 1 N–H and O–H groups in total. The lowest BCUT2D eigenvalue weighted by molar-refractivity contribution is 0.591. The summed E-state index contributed by atoms with van der Waals surface area (Å²) in [4.78, 5) is 0. The highest BCUT2D eigenvalue weighted by Crippen LogP contribution is 2.20. The summed E-state index contributed by atoms with van der Waals surface area (Å²) in [5, 5.41) is 8.22. The van der Waals surface area contributed by atoms with Crippen LogP contribution in [-0.4, -0.2) is 16.3 Å². The van der Waals surface area contributed by atoms with Gasteiger partial charge in [0.2, 0.25) is 0 Å². The van der Waals surface area contributed by atoms with Crippen molar-refractivity contribution in [3.63, 3.8) is 0 Å². The molecule has 0 aliphatic carbocycles. The summed E-state index contributed by atoms with van der Waals surface area (Å²) < 4.78 is 3.04. The Balaban J connectivity index is 2.70.